The number of amides is 1. The third-order valence-electron chi connectivity index (χ3n) is 5.43. The van der Waals surface area contributed by atoms with Gasteiger partial charge in [-0.2, -0.15) is 0 Å². The van der Waals surface area contributed by atoms with E-state index in [-0.39, 0.29) is 5.91 Å². The second kappa shape index (κ2) is 15.4. The minimum absolute atomic E-state index is 0.0957. The number of aryl methyl sites for hydroxylation is 3. The highest BCUT2D eigenvalue weighted by Crippen LogP contribution is 2.32. The smallest absolute Gasteiger partial charge is 0.225 e. The zero-order valence-corrected chi connectivity index (χ0v) is 22.3. The molecular weight excluding hydrogens is 436 g/mol. The number of carbonyl (C=O) groups is 1. The lowest BCUT2D eigenvalue weighted by atomic mass is 10.1. The number of nitrogens with one attached hydrogen (secondary N) is 1. The highest BCUT2D eigenvalue weighted by molar-refractivity contribution is 7.99. The van der Waals surface area contributed by atoms with E-state index < -0.39 is 0 Å². The molecule has 0 aliphatic heterocycles. The van der Waals surface area contributed by atoms with E-state index in [1.165, 1.54) is 26.5 Å². The molecule has 1 amide bonds. The van der Waals surface area contributed by atoms with Crippen molar-refractivity contribution < 1.29 is 4.79 Å². The van der Waals surface area contributed by atoms with Gasteiger partial charge in [0.2, 0.25) is 5.91 Å². The van der Waals surface area contributed by atoms with E-state index in [4.69, 9.17) is 0 Å². The van der Waals surface area contributed by atoms with Crippen LogP contribution in [0.1, 0.15) is 48.9 Å². The molecule has 0 aromatic heterocycles. The molecule has 0 unspecified atom stereocenters. The lowest BCUT2D eigenvalue weighted by molar-refractivity contribution is -0.121. The molecule has 0 atom stereocenters. The van der Waals surface area contributed by atoms with Gasteiger partial charge in [0.25, 0.3) is 0 Å². The maximum absolute atomic E-state index is 11.8. The maximum atomic E-state index is 11.8. The van der Waals surface area contributed by atoms with Crippen molar-refractivity contribution in [1.82, 2.24) is 10.2 Å². The van der Waals surface area contributed by atoms with E-state index in [2.05, 4.69) is 87.3 Å². The SMILES string of the molecule is CCCN(CCC)CNC(=O)Cc1ccccc1.Cc1ccc(Sc2ccccc2C)c(C)c1. The van der Waals surface area contributed by atoms with Crippen LogP contribution in [0.4, 0.5) is 0 Å². The zero-order chi connectivity index (χ0) is 24.8. The molecule has 0 saturated carbocycles. The predicted octanol–water partition coefficient (Wildman–Crippen LogP) is 7.19. The molecule has 3 nitrogen and oxygen atoms in total. The van der Waals surface area contributed by atoms with Crippen molar-refractivity contribution in [2.75, 3.05) is 19.8 Å². The maximum Gasteiger partial charge on any atom is 0.225 e. The Morgan fingerprint density at radius 3 is 2.03 bits per heavy atom. The Morgan fingerprint density at radius 1 is 0.794 bits per heavy atom. The third-order valence-corrected chi connectivity index (χ3v) is 6.79. The Hall–Kier alpha value is -2.56. The molecule has 182 valence electrons. The van der Waals surface area contributed by atoms with Crippen molar-refractivity contribution in [3.63, 3.8) is 0 Å². The fourth-order valence-corrected chi connectivity index (χ4v) is 4.62. The van der Waals surface area contributed by atoms with Gasteiger partial charge in [0.15, 0.2) is 0 Å². The minimum Gasteiger partial charge on any atom is -0.343 e. The summed E-state index contributed by atoms with van der Waals surface area (Å²) in [5.74, 6) is 0.0957. The van der Waals surface area contributed by atoms with Crippen LogP contribution < -0.4 is 5.32 Å². The van der Waals surface area contributed by atoms with Crippen LogP contribution in [0.5, 0.6) is 0 Å². The average molecular weight is 477 g/mol. The van der Waals surface area contributed by atoms with E-state index in [0.717, 1.165) is 31.5 Å². The summed E-state index contributed by atoms with van der Waals surface area (Å²) in [6, 6.07) is 25.0. The van der Waals surface area contributed by atoms with Gasteiger partial charge in [0.05, 0.1) is 13.1 Å². The normalized spacial score (nSPS) is 10.5. The molecule has 0 heterocycles. The van der Waals surface area contributed by atoms with Crippen molar-refractivity contribution in [2.24, 2.45) is 0 Å². The fourth-order valence-electron chi connectivity index (χ4n) is 3.65. The largest absolute Gasteiger partial charge is 0.343 e. The molecule has 1 N–H and O–H groups in total. The Bertz CT molecular complexity index is 998. The molecule has 3 rings (SSSR count). The Morgan fingerprint density at radius 2 is 1.41 bits per heavy atom. The van der Waals surface area contributed by atoms with Gasteiger partial charge in [-0.05, 0) is 75.5 Å². The van der Waals surface area contributed by atoms with Gasteiger partial charge in [0.1, 0.15) is 0 Å². The molecule has 34 heavy (non-hydrogen) atoms. The van der Waals surface area contributed by atoms with Gasteiger partial charge in [-0.15, -0.1) is 0 Å². The summed E-state index contributed by atoms with van der Waals surface area (Å²) in [5.41, 5.74) is 5.08. The van der Waals surface area contributed by atoms with E-state index >= 15 is 0 Å². The first kappa shape index (κ1) is 27.7. The molecule has 0 fully saturated rings. The Balaban J connectivity index is 0.000000241. The number of nitrogens with zero attached hydrogens (tertiary/aromatic N) is 1. The summed E-state index contributed by atoms with van der Waals surface area (Å²) in [5, 5.41) is 2.99. The van der Waals surface area contributed by atoms with Gasteiger partial charge in [-0.25, -0.2) is 0 Å². The second-order valence-corrected chi connectivity index (χ2v) is 9.76. The highest BCUT2D eigenvalue weighted by atomic mass is 32.2. The lowest BCUT2D eigenvalue weighted by Crippen LogP contribution is -2.39. The average Bonchev–Trinajstić information content (AvgIpc) is 2.82. The summed E-state index contributed by atoms with van der Waals surface area (Å²) >= 11 is 1.85. The number of rotatable bonds is 10. The van der Waals surface area contributed by atoms with Crippen molar-refractivity contribution in [3.8, 4) is 0 Å². The third kappa shape index (κ3) is 10.1. The highest BCUT2D eigenvalue weighted by Gasteiger charge is 2.06. The molecular formula is C30H40N2OS. The van der Waals surface area contributed by atoms with Gasteiger partial charge >= 0.3 is 0 Å². The molecule has 0 spiro atoms. The minimum atomic E-state index is 0.0957. The summed E-state index contributed by atoms with van der Waals surface area (Å²) in [6.07, 6.45) is 2.70. The summed E-state index contributed by atoms with van der Waals surface area (Å²) in [6.45, 7) is 13.5. The van der Waals surface area contributed by atoms with Crippen LogP contribution in [0.3, 0.4) is 0 Å². The molecule has 0 aliphatic rings. The standard InChI is InChI=1S/C15H24N2O.C15H16S/c1-3-10-17(11-4-2)13-16-15(18)12-14-8-6-5-7-9-14;1-11-8-9-15(13(3)10-11)16-14-7-5-4-6-12(14)2/h5-9H,3-4,10-13H2,1-2H3,(H,16,18);4-10H,1-3H3. The lowest BCUT2D eigenvalue weighted by Gasteiger charge is -2.21. The molecule has 0 radical (unpaired) electrons. The second-order valence-electron chi connectivity index (χ2n) is 8.67. The number of benzene rings is 3. The monoisotopic (exact) mass is 476 g/mol. The van der Waals surface area contributed by atoms with Crippen LogP contribution in [-0.4, -0.2) is 30.6 Å². The fraction of sp³-hybridized carbons (Fsp3) is 0.367. The zero-order valence-electron chi connectivity index (χ0n) is 21.4. The van der Waals surface area contributed by atoms with Crippen LogP contribution in [0.25, 0.3) is 0 Å². The van der Waals surface area contributed by atoms with E-state index in [1.54, 1.807) is 0 Å². The first-order valence-electron chi connectivity index (χ1n) is 12.3. The molecule has 0 bridgehead atoms. The van der Waals surface area contributed by atoms with Gasteiger partial charge in [-0.1, -0.05) is 91.8 Å². The van der Waals surface area contributed by atoms with E-state index in [1.807, 2.05) is 42.1 Å². The molecule has 4 heteroatoms. The molecule has 0 aliphatic carbocycles. The van der Waals surface area contributed by atoms with Gasteiger partial charge in [0, 0.05) is 9.79 Å². The van der Waals surface area contributed by atoms with Crippen molar-refractivity contribution >= 4 is 17.7 Å². The number of carbonyl (C=O) groups excluding carboxylic acids is 1. The first-order valence-corrected chi connectivity index (χ1v) is 13.1. The number of hydrogen-bond donors (Lipinski definition) is 1. The summed E-state index contributed by atoms with van der Waals surface area (Å²) in [7, 11) is 0. The summed E-state index contributed by atoms with van der Waals surface area (Å²) < 4.78 is 0. The Kier molecular flexibility index (Phi) is 12.5. The van der Waals surface area contributed by atoms with Crippen LogP contribution in [-0.2, 0) is 11.2 Å². The molecule has 0 saturated heterocycles. The van der Waals surface area contributed by atoms with Gasteiger partial charge in [-0.3, -0.25) is 9.69 Å². The van der Waals surface area contributed by atoms with Crippen LogP contribution in [0.2, 0.25) is 0 Å². The summed E-state index contributed by atoms with van der Waals surface area (Å²) in [4.78, 5) is 16.8. The predicted molar refractivity (Wildman–Crippen MR) is 147 cm³/mol. The number of hydrogen-bond acceptors (Lipinski definition) is 3. The van der Waals surface area contributed by atoms with Crippen molar-refractivity contribution in [3.05, 3.63) is 95.1 Å². The first-order chi connectivity index (χ1) is 16.4. The molecule has 3 aromatic carbocycles. The van der Waals surface area contributed by atoms with Crippen LogP contribution in [0.15, 0.2) is 82.6 Å². The van der Waals surface area contributed by atoms with Crippen LogP contribution in [0, 0.1) is 20.8 Å². The van der Waals surface area contributed by atoms with Crippen LogP contribution >= 0.6 is 11.8 Å². The quantitative estimate of drug-likeness (QED) is 0.314. The molecule has 3 aromatic rings. The topological polar surface area (TPSA) is 32.3 Å². The van der Waals surface area contributed by atoms with Crippen molar-refractivity contribution in [2.45, 2.75) is 63.7 Å². The van der Waals surface area contributed by atoms with Crippen molar-refractivity contribution in [1.29, 1.82) is 0 Å². The van der Waals surface area contributed by atoms with E-state index in [0.29, 0.717) is 13.1 Å². The van der Waals surface area contributed by atoms with E-state index in [9.17, 15) is 4.79 Å². The van der Waals surface area contributed by atoms with Gasteiger partial charge < -0.3 is 5.32 Å². The Labute approximate surface area is 211 Å².